The first-order valence-electron chi connectivity index (χ1n) is 5.74. The van der Waals surface area contributed by atoms with Crippen LogP contribution in [0.4, 0.5) is 15.8 Å². The molecule has 0 unspecified atom stereocenters. The molecule has 21 heavy (non-hydrogen) atoms. The molecule has 0 radical (unpaired) electrons. The fourth-order valence-corrected chi connectivity index (χ4v) is 3.67. The van der Waals surface area contributed by atoms with Gasteiger partial charge in [-0.1, -0.05) is 17.7 Å². The molecule has 0 aliphatic rings. The first-order valence-corrected chi connectivity index (χ1v) is 8.39. The SMILES string of the molecule is Cc1ccc(Br)c(NS(=O)(=O)c2cc(Cl)cc(N)c2F)c1. The molecular weight excluding hydrogens is 383 g/mol. The van der Waals surface area contributed by atoms with Gasteiger partial charge < -0.3 is 5.73 Å². The Balaban J connectivity index is 2.51. The Morgan fingerprint density at radius 2 is 1.95 bits per heavy atom. The standard InChI is InChI=1S/C13H11BrClFN2O2S/c1-7-2-3-9(14)11(4-7)18-21(19,20)12-6-8(15)5-10(17)13(12)16/h2-6,18H,17H2,1H3. The van der Waals surface area contributed by atoms with Crippen molar-refractivity contribution in [3.8, 4) is 0 Å². The summed E-state index contributed by atoms with van der Waals surface area (Å²) in [4.78, 5) is -0.596. The fraction of sp³-hybridized carbons (Fsp3) is 0.0769. The van der Waals surface area contributed by atoms with Gasteiger partial charge in [-0.2, -0.15) is 0 Å². The van der Waals surface area contributed by atoms with Crippen LogP contribution >= 0.6 is 27.5 Å². The van der Waals surface area contributed by atoms with Crippen molar-refractivity contribution in [3.63, 3.8) is 0 Å². The molecule has 3 N–H and O–H groups in total. The quantitative estimate of drug-likeness (QED) is 0.776. The summed E-state index contributed by atoms with van der Waals surface area (Å²) < 4.78 is 41.4. The molecule has 0 aromatic heterocycles. The summed E-state index contributed by atoms with van der Waals surface area (Å²) in [5.41, 5.74) is 6.23. The van der Waals surface area contributed by atoms with Crippen LogP contribution in [0.25, 0.3) is 0 Å². The van der Waals surface area contributed by atoms with E-state index in [2.05, 4.69) is 20.7 Å². The fourth-order valence-electron chi connectivity index (χ4n) is 1.70. The monoisotopic (exact) mass is 392 g/mol. The maximum Gasteiger partial charge on any atom is 0.264 e. The van der Waals surface area contributed by atoms with E-state index in [4.69, 9.17) is 17.3 Å². The second-order valence-electron chi connectivity index (χ2n) is 4.40. The van der Waals surface area contributed by atoms with E-state index in [0.717, 1.165) is 17.7 Å². The highest BCUT2D eigenvalue weighted by Crippen LogP contribution is 2.29. The summed E-state index contributed by atoms with van der Waals surface area (Å²) in [5, 5.41) is 0.0394. The highest BCUT2D eigenvalue weighted by atomic mass is 79.9. The summed E-state index contributed by atoms with van der Waals surface area (Å²) in [6, 6.07) is 7.28. The first-order chi connectivity index (χ1) is 9.70. The molecule has 0 saturated heterocycles. The van der Waals surface area contributed by atoms with E-state index in [-0.39, 0.29) is 10.7 Å². The second kappa shape index (κ2) is 5.82. The van der Waals surface area contributed by atoms with Gasteiger partial charge in [0.25, 0.3) is 10.0 Å². The topological polar surface area (TPSA) is 72.2 Å². The molecule has 4 nitrogen and oxygen atoms in total. The Morgan fingerprint density at radius 3 is 2.62 bits per heavy atom. The Bertz CT molecular complexity index is 812. The van der Waals surface area contributed by atoms with Crippen LogP contribution in [-0.2, 0) is 10.0 Å². The Kier molecular flexibility index (Phi) is 4.46. The van der Waals surface area contributed by atoms with E-state index in [1.165, 1.54) is 0 Å². The van der Waals surface area contributed by atoms with Gasteiger partial charge >= 0.3 is 0 Å². The molecule has 0 saturated carbocycles. The van der Waals surface area contributed by atoms with Crippen LogP contribution in [0.15, 0.2) is 39.7 Å². The third-order valence-electron chi connectivity index (χ3n) is 2.69. The Hall–Kier alpha value is -1.31. The maximum absolute atomic E-state index is 13.9. The number of hydrogen-bond acceptors (Lipinski definition) is 3. The van der Waals surface area contributed by atoms with Gasteiger partial charge in [-0.05, 0) is 52.7 Å². The molecular formula is C13H11BrClFN2O2S. The van der Waals surface area contributed by atoms with E-state index in [9.17, 15) is 12.8 Å². The zero-order chi connectivity index (χ0) is 15.8. The van der Waals surface area contributed by atoms with Crippen LogP contribution in [-0.4, -0.2) is 8.42 Å². The average molecular weight is 394 g/mol. The first kappa shape index (κ1) is 16.1. The van der Waals surface area contributed by atoms with Crippen molar-refractivity contribution in [1.29, 1.82) is 0 Å². The lowest BCUT2D eigenvalue weighted by Crippen LogP contribution is -2.16. The van der Waals surface area contributed by atoms with Gasteiger partial charge in [0.2, 0.25) is 0 Å². The number of nitrogens with one attached hydrogen (secondary N) is 1. The van der Waals surface area contributed by atoms with Gasteiger partial charge in [-0.3, -0.25) is 4.72 Å². The Labute approximate surface area is 135 Å². The van der Waals surface area contributed by atoms with Crippen molar-refractivity contribution in [2.75, 3.05) is 10.5 Å². The van der Waals surface area contributed by atoms with Crippen LogP contribution in [0.3, 0.4) is 0 Å². The minimum Gasteiger partial charge on any atom is -0.396 e. The summed E-state index contributed by atoms with van der Waals surface area (Å²) in [6.45, 7) is 1.81. The smallest absolute Gasteiger partial charge is 0.264 e. The number of halogens is 3. The van der Waals surface area contributed by atoms with Crippen molar-refractivity contribution in [2.45, 2.75) is 11.8 Å². The van der Waals surface area contributed by atoms with Crippen LogP contribution < -0.4 is 10.5 Å². The van der Waals surface area contributed by atoms with E-state index < -0.39 is 20.7 Å². The van der Waals surface area contributed by atoms with Crippen molar-refractivity contribution in [2.24, 2.45) is 0 Å². The molecule has 2 aromatic rings. The van der Waals surface area contributed by atoms with E-state index in [1.54, 1.807) is 18.2 Å². The zero-order valence-corrected chi connectivity index (χ0v) is 14.0. The number of nitrogen functional groups attached to an aromatic ring is 1. The average Bonchev–Trinajstić information content (AvgIpc) is 2.37. The van der Waals surface area contributed by atoms with Crippen molar-refractivity contribution in [1.82, 2.24) is 0 Å². The summed E-state index contributed by atoms with van der Waals surface area (Å²) in [7, 11) is -4.15. The minimum absolute atomic E-state index is 0.0394. The lowest BCUT2D eigenvalue weighted by Gasteiger charge is -2.12. The van der Waals surface area contributed by atoms with Gasteiger partial charge in [0, 0.05) is 9.50 Å². The third-order valence-corrected chi connectivity index (χ3v) is 4.96. The molecule has 2 rings (SSSR count). The molecule has 0 heterocycles. The minimum atomic E-state index is -4.15. The highest BCUT2D eigenvalue weighted by molar-refractivity contribution is 9.10. The summed E-state index contributed by atoms with van der Waals surface area (Å²) >= 11 is 8.97. The molecule has 0 amide bonds. The van der Waals surface area contributed by atoms with Gasteiger partial charge in [0.1, 0.15) is 4.90 Å². The van der Waals surface area contributed by atoms with E-state index >= 15 is 0 Å². The van der Waals surface area contributed by atoms with Crippen LogP contribution in [0, 0.1) is 12.7 Å². The molecule has 0 spiro atoms. The van der Waals surface area contributed by atoms with Crippen molar-refractivity contribution < 1.29 is 12.8 Å². The number of anilines is 2. The third kappa shape index (κ3) is 3.48. The van der Waals surface area contributed by atoms with Gasteiger partial charge in [-0.15, -0.1) is 0 Å². The second-order valence-corrected chi connectivity index (χ2v) is 7.34. The number of hydrogen-bond donors (Lipinski definition) is 2. The maximum atomic E-state index is 13.9. The molecule has 0 bridgehead atoms. The number of benzene rings is 2. The van der Waals surface area contributed by atoms with Crippen molar-refractivity contribution in [3.05, 3.63) is 51.2 Å². The highest BCUT2D eigenvalue weighted by Gasteiger charge is 2.22. The molecule has 2 aromatic carbocycles. The number of aryl methyl sites for hydroxylation is 1. The number of sulfonamides is 1. The molecule has 0 aliphatic heterocycles. The number of rotatable bonds is 3. The number of nitrogens with two attached hydrogens (primary N) is 1. The van der Waals surface area contributed by atoms with Gasteiger partial charge in [0.05, 0.1) is 11.4 Å². The lowest BCUT2D eigenvalue weighted by atomic mass is 10.2. The van der Waals surface area contributed by atoms with Gasteiger partial charge in [0.15, 0.2) is 5.82 Å². The van der Waals surface area contributed by atoms with Crippen molar-refractivity contribution >= 4 is 48.9 Å². The van der Waals surface area contributed by atoms with Crippen LogP contribution in [0.2, 0.25) is 5.02 Å². The van der Waals surface area contributed by atoms with Crippen LogP contribution in [0.5, 0.6) is 0 Å². The van der Waals surface area contributed by atoms with E-state index in [0.29, 0.717) is 10.2 Å². The molecule has 8 heteroatoms. The summed E-state index contributed by atoms with van der Waals surface area (Å²) in [5.74, 6) is -1.03. The predicted octanol–water partition coefficient (Wildman–Crippen LogP) is 3.93. The lowest BCUT2D eigenvalue weighted by molar-refractivity contribution is 0.573. The molecule has 0 atom stereocenters. The largest absolute Gasteiger partial charge is 0.396 e. The molecule has 0 fully saturated rings. The van der Waals surface area contributed by atoms with E-state index in [1.807, 2.05) is 6.92 Å². The Morgan fingerprint density at radius 1 is 1.29 bits per heavy atom. The normalized spacial score (nSPS) is 11.4. The molecule has 112 valence electrons. The van der Waals surface area contributed by atoms with Crippen LogP contribution in [0.1, 0.15) is 5.56 Å². The zero-order valence-electron chi connectivity index (χ0n) is 10.8. The van der Waals surface area contributed by atoms with Gasteiger partial charge in [-0.25, -0.2) is 12.8 Å². The predicted molar refractivity (Wildman–Crippen MR) is 85.5 cm³/mol. The molecule has 0 aliphatic carbocycles. The summed E-state index contributed by atoms with van der Waals surface area (Å²) in [6.07, 6.45) is 0.